The first kappa shape index (κ1) is 16.4. The molecule has 102 valence electrons. The van der Waals surface area contributed by atoms with E-state index in [0.717, 1.165) is 0 Å². The summed E-state index contributed by atoms with van der Waals surface area (Å²) in [6.07, 6.45) is 0.332. The molecule has 0 amide bonds. The van der Waals surface area contributed by atoms with Crippen LogP contribution in [0, 0.1) is 17.8 Å². The van der Waals surface area contributed by atoms with Crippen LogP contribution in [-0.4, -0.2) is 35.0 Å². The largest absolute Gasteiger partial charge is 0.460 e. The minimum absolute atomic E-state index is 0.0679. The van der Waals surface area contributed by atoms with Gasteiger partial charge in [0, 0.05) is 13.2 Å². The van der Waals surface area contributed by atoms with Gasteiger partial charge in [-0.05, 0) is 39.0 Å². The second-order valence-electron chi connectivity index (χ2n) is 5.74. The van der Waals surface area contributed by atoms with Crippen molar-refractivity contribution in [3.8, 4) is 0 Å². The van der Waals surface area contributed by atoms with Gasteiger partial charge in [0.15, 0.2) is 0 Å². The first-order valence-corrected chi connectivity index (χ1v) is 6.17. The zero-order valence-corrected chi connectivity index (χ0v) is 11.6. The summed E-state index contributed by atoms with van der Waals surface area (Å²) < 4.78 is 5.32. The average Bonchev–Trinajstić information content (AvgIpc) is 2.14. The number of esters is 1. The summed E-state index contributed by atoms with van der Waals surface area (Å²) in [5.41, 5.74) is -0.540. The molecule has 0 heterocycles. The number of hydrogen-bond donors (Lipinski definition) is 2. The lowest BCUT2D eigenvalue weighted by Gasteiger charge is -2.30. The summed E-state index contributed by atoms with van der Waals surface area (Å²) in [6.45, 7) is 9.19. The maximum atomic E-state index is 12.0. The van der Waals surface area contributed by atoms with Gasteiger partial charge in [-0.15, -0.1) is 0 Å². The van der Waals surface area contributed by atoms with Gasteiger partial charge in [-0.25, -0.2) is 0 Å². The van der Waals surface area contributed by atoms with Gasteiger partial charge in [-0.3, -0.25) is 4.79 Å². The summed E-state index contributed by atoms with van der Waals surface area (Å²) in [7, 11) is 0. The average molecular weight is 246 g/mol. The number of aliphatic hydroxyl groups is 2. The molecule has 0 saturated carbocycles. The Morgan fingerprint density at radius 1 is 1.24 bits per heavy atom. The lowest BCUT2D eigenvalue weighted by atomic mass is 9.82. The Kier molecular flexibility index (Phi) is 6.72. The van der Waals surface area contributed by atoms with Crippen LogP contribution in [0.5, 0.6) is 0 Å². The van der Waals surface area contributed by atoms with Crippen molar-refractivity contribution in [1.82, 2.24) is 0 Å². The third kappa shape index (κ3) is 6.03. The Balaban J connectivity index is 4.76. The van der Waals surface area contributed by atoms with Crippen LogP contribution in [0.2, 0.25) is 0 Å². The van der Waals surface area contributed by atoms with Crippen LogP contribution >= 0.6 is 0 Å². The number of carbonyl (C=O) groups excluding carboxylic acids is 1. The monoisotopic (exact) mass is 246 g/mol. The van der Waals surface area contributed by atoms with E-state index in [0.29, 0.717) is 6.42 Å². The fourth-order valence-corrected chi connectivity index (χ4v) is 1.83. The molecule has 0 aromatic heterocycles. The van der Waals surface area contributed by atoms with Crippen LogP contribution in [0.4, 0.5) is 0 Å². The van der Waals surface area contributed by atoms with E-state index in [-0.39, 0.29) is 31.0 Å². The fraction of sp³-hybridized carbons (Fsp3) is 0.923. The van der Waals surface area contributed by atoms with Crippen LogP contribution in [-0.2, 0) is 9.53 Å². The number of carbonyl (C=O) groups is 1. The molecular formula is C13H26O4. The van der Waals surface area contributed by atoms with Crippen molar-refractivity contribution in [2.75, 3.05) is 13.2 Å². The van der Waals surface area contributed by atoms with Crippen molar-refractivity contribution >= 4 is 5.97 Å². The van der Waals surface area contributed by atoms with Gasteiger partial charge in [0.05, 0.1) is 5.92 Å². The van der Waals surface area contributed by atoms with Crippen LogP contribution in [0.25, 0.3) is 0 Å². The highest BCUT2D eigenvalue weighted by Gasteiger charge is 2.33. The van der Waals surface area contributed by atoms with Gasteiger partial charge in [-0.2, -0.15) is 0 Å². The Bertz CT molecular complexity index is 230. The zero-order valence-electron chi connectivity index (χ0n) is 11.6. The maximum Gasteiger partial charge on any atom is 0.309 e. The number of ether oxygens (including phenoxy) is 1. The predicted molar refractivity (Wildman–Crippen MR) is 66.5 cm³/mol. The van der Waals surface area contributed by atoms with Gasteiger partial charge >= 0.3 is 5.97 Å². The molecule has 0 aromatic carbocycles. The zero-order chi connectivity index (χ0) is 13.6. The Hall–Kier alpha value is -0.610. The van der Waals surface area contributed by atoms with E-state index in [1.807, 2.05) is 34.6 Å². The highest BCUT2D eigenvalue weighted by Crippen LogP contribution is 2.26. The molecule has 0 bridgehead atoms. The molecule has 0 aliphatic rings. The van der Waals surface area contributed by atoms with Crippen molar-refractivity contribution < 1.29 is 19.7 Å². The summed E-state index contributed by atoms with van der Waals surface area (Å²) >= 11 is 0. The van der Waals surface area contributed by atoms with E-state index >= 15 is 0 Å². The Labute approximate surface area is 104 Å². The molecule has 2 atom stereocenters. The molecule has 0 aliphatic heterocycles. The van der Waals surface area contributed by atoms with Crippen LogP contribution < -0.4 is 0 Å². The summed E-state index contributed by atoms with van der Waals surface area (Å²) in [4.78, 5) is 12.0. The smallest absolute Gasteiger partial charge is 0.309 e. The highest BCUT2D eigenvalue weighted by atomic mass is 16.6. The number of aliphatic hydroxyl groups excluding tert-OH is 2. The quantitative estimate of drug-likeness (QED) is 0.698. The highest BCUT2D eigenvalue weighted by molar-refractivity contribution is 5.73. The van der Waals surface area contributed by atoms with Crippen molar-refractivity contribution in [2.24, 2.45) is 17.8 Å². The first-order chi connectivity index (χ1) is 7.72. The van der Waals surface area contributed by atoms with Crippen molar-refractivity contribution in [3.63, 3.8) is 0 Å². The van der Waals surface area contributed by atoms with Crippen LogP contribution in [0.1, 0.15) is 41.0 Å². The van der Waals surface area contributed by atoms with Gasteiger partial charge in [-0.1, -0.05) is 13.8 Å². The van der Waals surface area contributed by atoms with Gasteiger partial charge in [0.1, 0.15) is 5.60 Å². The number of hydrogen-bond acceptors (Lipinski definition) is 4. The third-order valence-corrected chi connectivity index (χ3v) is 2.73. The van der Waals surface area contributed by atoms with E-state index < -0.39 is 11.5 Å². The Morgan fingerprint density at radius 3 is 2.06 bits per heavy atom. The molecule has 4 nitrogen and oxygen atoms in total. The van der Waals surface area contributed by atoms with Gasteiger partial charge < -0.3 is 14.9 Å². The van der Waals surface area contributed by atoms with E-state index in [4.69, 9.17) is 9.84 Å². The molecule has 0 spiro atoms. The van der Waals surface area contributed by atoms with Crippen molar-refractivity contribution in [1.29, 1.82) is 0 Å². The second kappa shape index (κ2) is 6.97. The van der Waals surface area contributed by atoms with Crippen molar-refractivity contribution in [2.45, 2.75) is 46.6 Å². The third-order valence-electron chi connectivity index (χ3n) is 2.73. The minimum atomic E-state index is -0.540. The number of rotatable bonds is 6. The SMILES string of the molecule is CC(C)[C@@H](CO)[C@H](CCO)C(=O)OC(C)(C)C. The van der Waals surface area contributed by atoms with E-state index in [1.54, 1.807) is 0 Å². The predicted octanol–water partition coefficient (Wildman–Crippen LogP) is 1.59. The summed E-state index contributed by atoms with van der Waals surface area (Å²) in [5.74, 6) is -0.774. The van der Waals surface area contributed by atoms with Crippen LogP contribution in [0.3, 0.4) is 0 Å². The van der Waals surface area contributed by atoms with Crippen LogP contribution in [0.15, 0.2) is 0 Å². The minimum Gasteiger partial charge on any atom is -0.460 e. The molecule has 4 heteroatoms. The van der Waals surface area contributed by atoms with Gasteiger partial charge in [0.25, 0.3) is 0 Å². The first-order valence-electron chi connectivity index (χ1n) is 6.17. The fourth-order valence-electron chi connectivity index (χ4n) is 1.83. The molecule has 0 rings (SSSR count). The molecule has 0 fully saturated rings. The van der Waals surface area contributed by atoms with E-state index in [2.05, 4.69) is 0 Å². The topological polar surface area (TPSA) is 66.8 Å². The lowest BCUT2D eigenvalue weighted by molar-refractivity contribution is -0.164. The molecule has 17 heavy (non-hydrogen) atoms. The molecule has 0 aliphatic carbocycles. The summed E-state index contributed by atoms with van der Waals surface area (Å²) in [5, 5.41) is 18.4. The standard InChI is InChI=1S/C13H26O4/c1-9(2)11(8-15)10(6-7-14)12(16)17-13(3,4)5/h9-11,14-15H,6-8H2,1-5H3/t10-,11+/m0/s1. The second-order valence-corrected chi connectivity index (χ2v) is 5.74. The molecule has 0 unspecified atom stereocenters. The maximum absolute atomic E-state index is 12.0. The normalized spacial score (nSPS) is 15.8. The molecule has 2 N–H and O–H groups in total. The molecular weight excluding hydrogens is 220 g/mol. The van der Waals surface area contributed by atoms with E-state index in [9.17, 15) is 9.90 Å². The molecule has 0 aromatic rings. The summed E-state index contributed by atoms with van der Waals surface area (Å²) in [6, 6.07) is 0. The molecule has 0 saturated heterocycles. The van der Waals surface area contributed by atoms with Crippen molar-refractivity contribution in [3.05, 3.63) is 0 Å². The molecule has 0 radical (unpaired) electrons. The van der Waals surface area contributed by atoms with Gasteiger partial charge in [0.2, 0.25) is 0 Å². The lowest BCUT2D eigenvalue weighted by Crippen LogP contribution is -2.36. The Morgan fingerprint density at radius 2 is 1.76 bits per heavy atom. The van der Waals surface area contributed by atoms with E-state index in [1.165, 1.54) is 0 Å².